The molecule has 2 aromatic heterocycles. The summed E-state index contributed by atoms with van der Waals surface area (Å²) in [5, 5.41) is 9.23. The molecule has 1 N–H and O–H groups in total. The Bertz CT molecular complexity index is 1210. The SMILES string of the molecule is COc1ccc2c(c1)nc(NCc1ccccc1OC)n1nc(C3CC(C)C3)nc21. The average molecular weight is 403 g/mol. The van der Waals surface area contributed by atoms with Crippen LogP contribution in [-0.4, -0.2) is 33.8 Å². The lowest BCUT2D eigenvalue weighted by Crippen LogP contribution is -2.20. The van der Waals surface area contributed by atoms with E-state index in [1.807, 2.05) is 47.0 Å². The Kier molecular flexibility index (Phi) is 4.65. The summed E-state index contributed by atoms with van der Waals surface area (Å²) in [5.74, 6) is 4.33. The maximum atomic E-state index is 5.48. The van der Waals surface area contributed by atoms with Crippen LogP contribution in [0.4, 0.5) is 5.95 Å². The third-order valence-electron chi connectivity index (χ3n) is 5.86. The summed E-state index contributed by atoms with van der Waals surface area (Å²) in [4.78, 5) is 9.75. The topological polar surface area (TPSA) is 73.6 Å². The highest BCUT2D eigenvalue weighted by atomic mass is 16.5. The Morgan fingerprint density at radius 3 is 2.67 bits per heavy atom. The quantitative estimate of drug-likeness (QED) is 0.514. The van der Waals surface area contributed by atoms with Crippen LogP contribution in [-0.2, 0) is 6.54 Å². The van der Waals surface area contributed by atoms with Gasteiger partial charge in [-0.2, -0.15) is 4.52 Å². The third kappa shape index (κ3) is 3.20. The Hall–Kier alpha value is -3.35. The number of nitrogens with zero attached hydrogens (tertiary/aromatic N) is 4. The Morgan fingerprint density at radius 1 is 1.07 bits per heavy atom. The van der Waals surface area contributed by atoms with Gasteiger partial charge in [-0.15, -0.1) is 5.10 Å². The number of aromatic nitrogens is 4. The molecule has 1 aliphatic rings. The maximum Gasteiger partial charge on any atom is 0.226 e. The number of fused-ring (bicyclic) bond motifs is 3. The molecule has 2 heterocycles. The Labute approximate surface area is 175 Å². The lowest BCUT2D eigenvalue weighted by molar-refractivity contribution is 0.278. The standard InChI is InChI=1S/C23H25N5O2/c1-14-10-16(11-14)21-26-22-18-9-8-17(29-2)12-19(18)25-23(28(22)27-21)24-13-15-6-4-5-7-20(15)30-3/h4-9,12,14,16H,10-11,13H2,1-3H3,(H,24,25). The third-order valence-corrected chi connectivity index (χ3v) is 5.86. The monoisotopic (exact) mass is 403 g/mol. The smallest absolute Gasteiger partial charge is 0.226 e. The summed E-state index contributed by atoms with van der Waals surface area (Å²) in [5.41, 5.74) is 2.69. The van der Waals surface area contributed by atoms with Gasteiger partial charge in [0, 0.05) is 29.5 Å². The highest BCUT2D eigenvalue weighted by molar-refractivity contribution is 5.93. The van der Waals surface area contributed by atoms with Gasteiger partial charge < -0.3 is 14.8 Å². The molecule has 0 amide bonds. The normalized spacial score (nSPS) is 18.4. The fraction of sp³-hybridized carbons (Fsp3) is 0.348. The van der Waals surface area contributed by atoms with E-state index in [-0.39, 0.29) is 0 Å². The van der Waals surface area contributed by atoms with Crippen LogP contribution in [0.25, 0.3) is 16.6 Å². The molecular weight excluding hydrogens is 378 g/mol. The molecule has 5 rings (SSSR count). The second kappa shape index (κ2) is 7.48. The molecule has 0 atom stereocenters. The van der Waals surface area contributed by atoms with E-state index < -0.39 is 0 Å². The molecule has 1 fully saturated rings. The second-order valence-corrected chi connectivity index (χ2v) is 7.96. The van der Waals surface area contributed by atoms with Crippen LogP contribution in [0.1, 0.15) is 37.1 Å². The molecule has 4 aromatic rings. The molecule has 0 radical (unpaired) electrons. The average Bonchev–Trinajstić information content (AvgIpc) is 3.20. The van der Waals surface area contributed by atoms with Crippen LogP contribution in [0, 0.1) is 5.92 Å². The zero-order valence-electron chi connectivity index (χ0n) is 17.4. The molecule has 2 aromatic carbocycles. The molecule has 7 nitrogen and oxygen atoms in total. The van der Waals surface area contributed by atoms with Crippen LogP contribution in [0.2, 0.25) is 0 Å². The van der Waals surface area contributed by atoms with Crippen molar-refractivity contribution in [3.63, 3.8) is 0 Å². The number of ether oxygens (including phenoxy) is 2. The van der Waals surface area contributed by atoms with Crippen molar-refractivity contribution < 1.29 is 9.47 Å². The molecule has 1 aliphatic carbocycles. The lowest BCUT2D eigenvalue weighted by atomic mass is 9.76. The maximum absolute atomic E-state index is 5.48. The number of hydrogen-bond donors (Lipinski definition) is 1. The van der Waals surface area contributed by atoms with Crippen molar-refractivity contribution in [1.82, 2.24) is 19.6 Å². The lowest BCUT2D eigenvalue weighted by Gasteiger charge is -2.29. The molecule has 0 aliphatic heterocycles. The molecule has 0 unspecified atom stereocenters. The minimum Gasteiger partial charge on any atom is -0.497 e. The van der Waals surface area contributed by atoms with Gasteiger partial charge in [0.25, 0.3) is 0 Å². The molecular formula is C23H25N5O2. The van der Waals surface area contributed by atoms with Gasteiger partial charge >= 0.3 is 0 Å². The zero-order chi connectivity index (χ0) is 20.7. The summed E-state index contributed by atoms with van der Waals surface area (Å²) >= 11 is 0. The van der Waals surface area contributed by atoms with Gasteiger partial charge in [0.2, 0.25) is 5.95 Å². The van der Waals surface area contributed by atoms with Crippen molar-refractivity contribution in [2.75, 3.05) is 19.5 Å². The number of rotatable bonds is 6. The van der Waals surface area contributed by atoms with Crippen molar-refractivity contribution in [2.45, 2.75) is 32.2 Å². The first kappa shape index (κ1) is 18.7. The Balaban J connectivity index is 1.59. The minimum atomic E-state index is 0.426. The van der Waals surface area contributed by atoms with Gasteiger partial charge in [-0.3, -0.25) is 0 Å². The predicted octanol–water partition coefficient (Wildman–Crippen LogP) is 4.42. The van der Waals surface area contributed by atoms with Crippen molar-refractivity contribution in [2.24, 2.45) is 5.92 Å². The van der Waals surface area contributed by atoms with Crippen LogP contribution >= 0.6 is 0 Å². The number of nitrogens with one attached hydrogen (secondary N) is 1. The van der Waals surface area contributed by atoms with Crippen molar-refractivity contribution in [3.05, 3.63) is 53.9 Å². The van der Waals surface area contributed by atoms with E-state index in [1.165, 1.54) is 0 Å². The van der Waals surface area contributed by atoms with Crippen LogP contribution < -0.4 is 14.8 Å². The van der Waals surface area contributed by atoms with E-state index in [0.29, 0.717) is 18.4 Å². The molecule has 1 saturated carbocycles. The highest BCUT2D eigenvalue weighted by Gasteiger charge is 2.30. The van der Waals surface area contributed by atoms with Crippen LogP contribution in [0.5, 0.6) is 11.5 Å². The van der Waals surface area contributed by atoms with Crippen LogP contribution in [0.15, 0.2) is 42.5 Å². The van der Waals surface area contributed by atoms with E-state index in [1.54, 1.807) is 14.2 Å². The van der Waals surface area contributed by atoms with Crippen LogP contribution in [0.3, 0.4) is 0 Å². The summed E-state index contributed by atoms with van der Waals surface area (Å²) in [7, 11) is 3.34. The van der Waals surface area contributed by atoms with E-state index in [4.69, 9.17) is 24.5 Å². The summed E-state index contributed by atoms with van der Waals surface area (Å²) < 4.78 is 12.7. The molecule has 30 heavy (non-hydrogen) atoms. The van der Waals surface area contributed by atoms with Gasteiger partial charge in [-0.25, -0.2) is 9.97 Å². The number of hydrogen-bond acceptors (Lipinski definition) is 6. The van der Waals surface area contributed by atoms with Gasteiger partial charge in [0.05, 0.1) is 19.7 Å². The molecule has 154 valence electrons. The first-order valence-corrected chi connectivity index (χ1v) is 10.3. The number of benzene rings is 2. The van der Waals surface area contributed by atoms with Gasteiger partial charge in [0.15, 0.2) is 11.5 Å². The van der Waals surface area contributed by atoms with Gasteiger partial charge in [-0.1, -0.05) is 25.1 Å². The Morgan fingerprint density at radius 2 is 1.90 bits per heavy atom. The largest absolute Gasteiger partial charge is 0.497 e. The summed E-state index contributed by atoms with van der Waals surface area (Å²) in [6, 6.07) is 13.8. The molecule has 0 saturated heterocycles. The van der Waals surface area contributed by atoms with E-state index in [0.717, 1.165) is 58.2 Å². The first-order valence-electron chi connectivity index (χ1n) is 10.3. The van der Waals surface area contributed by atoms with E-state index in [9.17, 15) is 0 Å². The second-order valence-electron chi connectivity index (χ2n) is 7.96. The number of para-hydroxylation sites is 1. The first-order chi connectivity index (χ1) is 14.7. The predicted molar refractivity (Wildman–Crippen MR) is 116 cm³/mol. The van der Waals surface area contributed by atoms with Crippen molar-refractivity contribution in [3.8, 4) is 11.5 Å². The summed E-state index contributed by atoms with van der Waals surface area (Å²) in [6.07, 6.45) is 2.28. The van der Waals surface area contributed by atoms with Gasteiger partial charge in [0.1, 0.15) is 11.5 Å². The fourth-order valence-corrected chi connectivity index (χ4v) is 4.16. The molecule has 0 spiro atoms. The zero-order valence-corrected chi connectivity index (χ0v) is 17.4. The van der Waals surface area contributed by atoms with Crippen molar-refractivity contribution in [1.29, 1.82) is 0 Å². The van der Waals surface area contributed by atoms with E-state index in [2.05, 4.69) is 12.2 Å². The van der Waals surface area contributed by atoms with Gasteiger partial charge in [-0.05, 0) is 37.0 Å². The molecule has 7 heteroatoms. The molecule has 0 bridgehead atoms. The number of anilines is 1. The van der Waals surface area contributed by atoms with Crippen molar-refractivity contribution >= 4 is 22.5 Å². The highest BCUT2D eigenvalue weighted by Crippen LogP contribution is 2.40. The summed E-state index contributed by atoms with van der Waals surface area (Å²) in [6.45, 7) is 2.84. The fourth-order valence-electron chi connectivity index (χ4n) is 4.16. The minimum absolute atomic E-state index is 0.426. The van der Waals surface area contributed by atoms with E-state index >= 15 is 0 Å². The number of methoxy groups -OCH3 is 2.